The third-order valence-electron chi connectivity index (χ3n) is 2.72. The van der Waals surface area contributed by atoms with Crippen molar-refractivity contribution in [1.82, 2.24) is 10.3 Å². The van der Waals surface area contributed by atoms with Crippen molar-refractivity contribution >= 4 is 17.7 Å². The van der Waals surface area contributed by atoms with Gasteiger partial charge in [0.2, 0.25) is 0 Å². The minimum Gasteiger partial charge on any atom is -0.484 e. The number of carbonyl (C=O) groups is 2. The van der Waals surface area contributed by atoms with Crippen LogP contribution in [0.1, 0.15) is 19.4 Å². The van der Waals surface area contributed by atoms with Gasteiger partial charge in [0.1, 0.15) is 5.75 Å². The molecule has 2 amide bonds. The van der Waals surface area contributed by atoms with Crippen LogP contribution in [0.15, 0.2) is 29.4 Å². The van der Waals surface area contributed by atoms with E-state index in [-0.39, 0.29) is 19.1 Å². The van der Waals surface area contributed by atoms with Gasteiger partial charge in [-0.25, -0.2) is 10.2 Å². The zero-order chi connectivity index (χ0) is 16.5. The molecule has 1 aromatic carbocycles. The van der Waals surface area contributed by atoms with E-state index in [1.807, 2.05) is 0 Å². The van der Waals surface area contributed by atoms with Crippen LogP contribution in [-0.4, -0.2) is 49.9 Å². The molecule has 0 unspecified atom stereocenters. The Morgan fingerprint density at radius 2 is 1.86 bits per heavy atom. The monoisotopic (exact) mass is 307 g/mol. The number of nitrogens with zero attached hydrogens (tertiary/aromatic N) is 2. The van der Waals surface area contributed by atoms with Gasteiger partial charge in [-0.2, -0.15) is 5.10 Å². The van der Waals surface area contributed by atoms with Crippen LogP contribution >= 0.6 is 0 Å². The molecule has 0 fully saturated rings. The second kappa shape index (κ2) is 8.66. The predicted molar refractivity (Wildman–Crippen MR) is 83.0 cm³/mol. The van der Waals surface area contributed by atoms with Gasteiger partial charge < -0.3 is 14.4 Å². The summed E-state index contributed by atoms with van der Waals surface area (Å²) in [7, 11) is 3.34. The number of rotatable bonds is 6. The van der Waals surface area contributed by atoms with Gasteiger partial charge >= 0.3 is 6.09 Å². The summed E-state index contributed by atoms with van der Waals surface area (Å²) in [5.41, 5.74) is 3.75. The summed E-state index contributed by atoms with van der Waals surface area (Å²) in [4.78, 5) is 24.0. The van der Waals surface area contributed by atoms with Crippen molar-refractivity contribution < 1.29 is 19.1 Å². The number of carbonyl (C=O) groups excluding carboxylic acids is 2. The number of hydrogen-bond acceptors (Lipinski definition) is 5. The number of hydrogen-bond donors (Lipinski definition) is 1. The van der Waals surface area contributed by atoms with Crippen molar-refractivity contribution in [3.8, 4) is 5.75 Å². The average molecular weight is 307 g/mol. The molecule has 0 aliphatic rings. The maximum absolute atomic E-state index is 11.4. The Morgan fingerprint density at radius 1 is 1.23 bits per heavy atom. The topological polar surface area (TPSA) is 80.2 Å². The number of hydrazone groups is 1. The van der Waals surface area contributed by atoms with E-state index in [9.17, 15) is 9.59 Å². The minimum absolute atomic E-state index is 0.0101. The van der Waals surface area contributed by atoms with Gasteiger partial charge in [0.15, 0.2) is 6.61 Å². The van der Waals surface area contributed by atoms with E-state index in [1.165, 1.54) is 4.90 Å². The molecular weight excluding hydrogens is 286 g/mol. The van der Waals surface area contributed by atoms with Crippen LogP contribution < -0.4 is 10.2 Å². The minimum atomic E-state index is -0.594. The fourth-order valence-corrected chi connectivity index (χ4v) is 1.42. The first-order valence-electron chi connectivity index (χ1n) is 6.84. The lowest BCUT2D eigenvalue weighted by Crippen LogP contribution is -2.27. The van der Waals surface area contributed by atoms with Crippen LogP contribution in [0.5, 0.6) is 5.75 Å². The summed E-state index contributed by atoms with van der Waals surface area (Å²) < 4.78 is 10.1. The van der Waals surface area contributed by atoms with Crippen molar-refractivity contribution in [2.75, 3.05) is 27.3 Å². The maximum atomic E-state index is 11.4. The lowest BCUT2D eigenvalue weighted by atomic mass is 10.1. The molecule has 0 saturated heterocycles. The molecule has 0 heterocycles. The Bertz CT molecular complexity index is 538. The second-order valence-electron chi connectivity index (χ2n) is 4.63. The Kier molecular flexibility index (Phi) is 6.88. The summed E-state index contributed by atoms with van der Waals surface area (Å²) in [5, 5.41) is 3.93. The number of benzene rings is 1. The normalized spacial score (nSPS) is 10.8. The maximum Gasteiger partial charge on any atom is 0.427 e. The highest BCUT2D eigenvalue weighted by atomic mass is 16.5. The average Bonchev–Trinajstić information content (AvgIpc) is 2.51. The smallest absolute Gasteiger partial charge is 0.427 e. The van der Waals surface area contributed by atoms with Crippen LogP contribution in [0.4, 0.5) is 4.79 Å². The van der Waals surface area contributed by atoms with Crippen LogP contribution in [0.25, 0.3) is 0 Å². The van der Waals surface area contributed by atoms with Gasteiger partial charge in [0.05, 0.1) is 12.3 Å². The van der Waals surface area contributed by atoms with Gasteiger partial charge in [-0.05, 0) is 43.7 Å². The molecule has 0 atom stereocenters. The summed E-state index contributed by atoms with van der Waals surface area (Å²) in [6.45, 7) is 3.76. The Morgan fingerprint density at radius 3 is 2.41 bits per heavy atom. The van der Waals surface area contributed by atoms with Crippen LogP contribution in [0.2, 0.25) is 0 Å². The highest BCUT2D eigenvalue weighted by Gasteiger charge is 2.05. The highest BCUT2D eigenvalue weighted by molar-refractivity contribution is 5.99. The molecule has 0 radical (unpaired) electrons. The first-order valence-corrected chi connectivity index (χ1v) is 6.84. The van der Waals surface area contributed by atoms with Gasteiger partial charge in [0, 0.05) is 14.1 Å². The molecule has 0 aliphatic carbocycles. The van der Waals surface area contributed by atoms with E-state index >= 15 is 0 Å². The predicted octanol–water partition coefficient (Wildman–Crippen LogP) is 1.62. The summed E-state index contributed by atoms with van der Waals surface area (Å²) >= 11 is 0. The van der Waals surface area contributed by atoms with Crippen molar-refractivity contribution in [3.63, 3.8) is 0 Å². The summed E-state index contributed by atoms with van der Waals surface area (Å²) in [6, 6.07) is 7.06. The van der Waals surface area contributed by atoms with E-state index in [2.05, 4.69) is 10.5 Å². The van der Waals surface area contributed by atoms with Gasteiger partial charge in [-0.3, -0.25) is 4.79 Å². The molecule has 0 spiro atoms. The van der Waals surface area contributed by atoms with E-state index in [0.29, 0.717) is 11.5 Å². The summed E-state index contributed by atoms with van der Waals surface area (Å²) in [6.07, 6.45) is -0.594. The Hall–Kier alpha value is -2.57. The molecule has 0 bridgehead atoms. The first-order chi connectivity index (χ1) is 10.4. The van der Waals surface area contributed by atoms with Crippen molar-refractivity contribution in [1.29, 1.82) is 0 Å². The number of amides is 2. The first kappa shape index (κ1) is 17.5. The molecule has 120 valence electrons. The van der Waals surface area contributed by atoms with E-state index < -0.39 is 6.09 Å². The summed E-state index contributed by atoms with van der Waals surface area (Å²) in [5.74, 6) is 0.477. The lowest BCUT2D eigenvalue weighted by molar-refractivity contribution is -0.130. The zero-order valence-electron chi connectivity index (χ0n) is 13.3. The van der Waals surface area contributed by atoms with Crippen LogP contribution in [0, 0.1) is 0 Å². The fourth-order valence-electron chi connectivity index (χ4n) is 1.42. The number of nitrogens with one attached hydrogen (secondary N) is 1. The molecule has 22 heavy (non-hydrogen) atoms. The van der Waals surface area contributed by atoms with Gasteiger partial charge in [-0.1, -0.05) is 0 Å². The molecule has 0 aliphatic heterocycles. The standard InChI is InChI=1S/C15H21N3O4/c1-5-21-15(20)17-16-11(2)12-6-8-13(9-7-12)22-10-14(19)18(3)4/h6-9H,5,10H2,1-4H3,(H,17,20)/b16-11+. The number of ether oxygens (including phenoxy) is 2. The molecule has 1 aromatic rings. The van der Waals surface area contributed by atoms with Crippen LogP contribution in [0.3, 0.4) is 0 Å². The third-order valence-corrected chi connectivity index (χ3v) is 2.72. The molecule has 7 heteroatoms. The molecule has 1 N–H and O–H groups in total. The number of likely N-dealkylation sites (N-methyl/N-ethyl adjacent to an activating group) is 1. The van der Waals surface area contributed by atoms with Crippen LogP contribution in [-0.2, 0) is 9.53 Å². The van der Waals surface area contributed by atoms with E-state index in [1.54, 1.807) is 52.2 Å². The lowest BCUT2D eigenvalue weighted by Gasteiger charge is -2.11. The van der Waals surface area contributed by atoms with Gasteiger partial charge in [0.25, 0.3) is 5.91 Å². The highest BCUT2D eigenvalue weighted by Crippen LogP contribution is 2.12. The molecule has 1 rings (SSSR count). The van der Waals surface area contributed by atoms with Crippen molar-refractivity contribution in [2.24, 2.45) is 5.10 Å². The molecule has 0 saturated carbocycles. The Labute approximate surface area is 129 Å². The second-order valence-corrected chi connectivity index (χ2v) is 4.63. The Balaban J connectivity index is 2.58. The zero-order valence-corrected chi connectivity index (χ0v) is 13.3. The molecule has 0 aromatic heterocycles. The largest absolute Gasteiger partial charge is 0.484 e. The van der Waals surface area contributed by atoms with Gasteiger partial charge in [-0.15, -0.1) is 0 Å². The van der Waals surface area contributed by atoms with E-state index in [4.69, 9.17) is 9.47 Å². The molecule has 7 nitrogen and oxygen atoms in total. The fraction of sp³-hybridized carbons (Fsp3) is 0.400. The molecular formula is C15H21N3O4. The quantitative estimate of drug-likeness (QED) is 0.640. The van der Waals surface area contributed by atoms with Crippen molar-refractivity contribution in [2.45, 2.75) is 13.8 Å². The van der Waals surface area contributed by atoms with Crippen molar-refractivity contribution in [3.05, 3.63) is 29.8 Å². The van der Waals surface area contributed by atoms with E-state index in [0.717, 1.165) is 5.56 Å². The SMILES string of the molecule is CCOC(=O)N/N=C(\C)c1ccc(OCC(=O)N(C)C)cc1. The third kappa shape index (κ3) is 5.82.